The maximum absolute atomic E-state index is 6.25. The lowest BCUT2D eigenvalue weighted by atomic mass is 10.1. The number of morpholine rings is 1. The van der Waals surface area contributed by atoms with Crippen molar-refractivity contribution >= 4 is 22.4 Å². The molecule has 0 unspecified atom stereocenters. The number of rotatable bonds is 6. The fraction of sp³-hybridized carbons (Fsp3) is 0.500. The quantitative estimate of drug-likeness (QED) is 0.809. The lowest BCUT2D eigenvalue weighted by molar-refractivity contribution is -0.915. The summed E-state index contributed by atoms with van der Waals surface area (Å²) < 4.78 is 11.8. The number of hydrogen-bond donors (Lipinski definition) is 1. The van der Waals surface area contributed by atoms with Crippen LogP contribution in [0.5, 0.6) is 5.75 Å². The van der Waals surface area contributed by atoms with Crippen LogP contribution in [0.25, 0.3) is 10.8 Å². The van der Waals surface area contributed by atoms with Gasteiger partial charge < -0.3 is 14.4 Å². The van der Waals surface area contributed by atoms with E-state index in [1.54, 1.807) is 4.90 Å². The van der Waals surface area contributed by atoms with Crippen LogP contribution in [0, 0.1) is 0 Å². The summed E-state index contributed by atoms with van der Waals surface area (Å²) in [7, 11) is 0. The second-order valence-corrected chi connectivity index (χ2v) is 7.22. The third-order valence-electron chi connectivity index (χ3n) is 4.63. The zero-order valence-electron chi connectivity index (χ0n) is 14.6. The molecule has 1 fully saturated rings. The molecule has 0 saturated carbocycles. The van der Waals surface area contributed by atoms with Crippen LogP contribution in [0.15, 0.2) is 36.4 Å². The van der Waals surface area contributed by atoms with Gasteiger partial charge in [0.25, 0.3) is 0 Å². The van der Waals surface area contributed by atoms with Crippen LogP contribution in [0.3, 0.4) is 0 Å². The van der Waals surface area contributed by atoms with E-state index in [9.17, 15) is 0 Å². The van der Waals surface area contributed by atoms with Crippen LogP contribution in [-0.2, 0) is 4.74 Å². The van der Waals surface area contributed by atoms with Gasteiger partial charge in [0, 0.05) is 15.8 Å². The van der Waals surface area contributed by atoms with Crippen molar-refractivity contribution in [3.05, 3.63) is 41.4 Å². The van der Waals surface area contributed by atoms with Gasteiger partial charge in [-0.15, -0.1) is 0 Å². The summed E-state index contributed by atoms with van der Waals surface area (Å²) in [6, 6.07) is 12.0. The molecule has 1 aliphatic rings. The van der Waals surface area contributed by atoms with E-state index in [0.717, 1.165) is 47.7 Å². The van der Waals surface area contributed by atoms with Gasteiger partial charge in [-0.3, -0.25) is 0 Å². The number of fused-ring (bicyclic) bond motifs is 1. The molecule has 2 aromatic carbocycles. The van der Waals surface area contributed by atoms with Crippen molar-refractivity contribution in [1.29, 1.82) is 0 Å². The molecule has 3 rings (SSSR count). The number of benzene rings is 2. The molecule has 0 aliphatic carbocycles. The Kier molecular flexibility index (Phi) is 5.99. The third-order valence-corrected chi connectivity index (χ3v) is 4.96. The zero-order chi connectivity index (χ0) is 16.9. The van der Waals surface area contributed by atoms with Gasteiger partial charge in [-0.2, -0.15) is 0 Å². The molecule has 0 bridgehead atoms. The first-order chi connectivity index (χ1) is 11.6. The molecule has 2 aromatic rings. The first-order valence-electron chi connectivity index (χ1n) is 8.92. The molecule has 130 valence electrons. The summed E-state index contributed by atoms with van der Waals surface area (Å²) in [5.41, 5.74) is 0. The van der Waals surface area contributed by atoms with E-state index < -0.39 is 0 Å². The molecule has 4 heteroatoms. The summed E-state index contributed by atoms with van der Waals surface area (Å²) in [4.78, 5) is 1.65. The Labute approximate surface area is 149 Å². The van der Waals surface area contributed by atoms with Crippen LogP contribution >= 0.6 is 11.6 Å². The fourth-order valence-corrected chi connectivity index (χ4v) is 3.84. The SMILES string of the molecule is C[C@@H]1C[NH+](CCCCOc2ccc(Cl)c3ccccc23)C[C@@H](C)O1. The first-order valence-corrected chi connectivity index (χ1v) is 9.30. The molecule has 0 aromatic heterocycles. The van der Waals surface area contributed by atoms with Gasteiger partial charge in [0.15, 0.2) is 0 Å². The average Bonchev–Trinajstić information content (AvgIpc) is 2.56. The summed E-state index contributed by atoms with van der Waals surface area (Å²) >= 11 is 6.25. The number of halogens is 1. The minimum absolute atomic E-state index is 0.375. The average molecular weight is 349 g/mol. The number of ether oxygens (including phenoxy) is 2. The van der Waals surface area contributed by atoms with Gasteiger partial charge in [-0.1, -0.05) is 35.9 Å². The van der Waals surface area contributed by atoms with Gasteiger partial charge in [-0.25, -0.2) is 0 Å². The molecular weight excluding hydrogens is 322 g/mol. The zero-order valence-corrected chi connectivity index (χ0v) is 15.3. The van der Waals surface area contributed by atoms with Crippen LogP contribution in [-0.4, -0.2) is 38.4 Å². The molecule has 0 spiro atoms. The predicted octanol–water partition coefficient (Wildman–Crippen LogP) is 3.34. The highest BCUT2D eigenvalue weighted by molar-refractivity contribution is 6.35. The van der Waals surface area contributed by atoms with Crippen LogP contribution in [0.1, 0.15) is 26.7 Å². The van der Waals surface area contributed by atoms with Gasteiger partial charge >= 0.3 is 0 Å². The highest BCUT2D eigenvalue weighted by Crippen LogP contribution is 2.31. The van der Waals surface area contributed by atoms with E-state index in [1.165, 1.54) is 13.0 Å². The van der Waals surface area contributed by atoms with Crippen molar-refractivity contribution in [3.63, 3.8) is 0 Å². The standard InChI is InChI=1S/C20H26ClNO2/c1-15-13-22(14-16(2)24-15)11-5-6-12-23-20-10-9-19(21)17-7-3-4-8-18(17)20/h3-4,7-10,15-16H,5-6,11-14H2,1-2H3/p+1/t15-,16-/m1/s1. The Morgan fingerprint density at radius 3 is 2.50 bits per heavy atom. The number of nitrogens with one attached hydrogen (secondary N) is 1. The molecule has 1 heterocycles. The Bertz CT molecular complexity index is 666. The van der Waals surface area contributed by atoms with Gasteiger partial charge in [0.1, 0.15) is 31.0 Å². The number of quaternary nitrogens is 1. The predicted molar refractivity (Wildman–Crippen MR) is 99.3 cm³/mol. The minimum Gasteiger partial charge on any atom is -0.493 e. The summed E-state index contributed by atoms with van der Waals surface area (Å²) in [6.45, 7) is 8.53. The van der Waals surface area contributed by atoms with E-state index >= 15 is 0 Å². The fourth-order valence-electron chi connectivity index (χ4n) is 3.61. The Hall–Kier alpha value is -1.29. The van der Waals surface area contributed by atoms with Crippen molar-refractivity contribution < 1.29 is 14.4 Å². The summed E-state index contributed by atoms with van der Waals surface area (Å²) in [5, 5.41) is 2.92. The number of hydrogen-bond acceptors (Lipinski definition) is 2. The summed E-state index contributed by atoms with van der Waals surface area (Å²) in [5.74, 6) is 0.927. The smallest absolute Gasteiger partial charge is 0.127 e. The first kappa shape index (κ1) is 17.5. The van der Waals surface area contributed by atoms with E-state index in [0.29, 0.717) is 12.2 Å². The summed E-state index contributed by atoms with van der Waals surface area (Å²) in [6.07, 6.45) is 3.01. The normalized spacial score (nSPS) is 24.2. The Balaban J connectivity index is 1.46. The monoisotopic (exact) mass is 348 g/mol. The van der Waals surface area contributed by atoms with E-state index in [1.807, 2.05) is 30.3 Å². The van der Waals surface area contributed by atoms with Gasteiger partial charge in [0.05, 0.1) is 13.2 Å². The molecule has 1 N–H and O–H groups in total. The molecule has 24 heavy (non-hydrogen) atoms. The van der Waals surface area contributed by atoms with Crippen molar-refractivity contribution in [2.75, 3.05) is 26.2 Å². The van der Waals surface area contributed by atoms with E-state index in [2.05, 4.69) is 19.9 Å². The lowest BCUT2D eigenvalue weighted by Crippen LogP contribution is -3.15. The third kappa shape index (κ3) is 4.41. The molecule has 1 saturated heterocycles. The van der Waals surface area contributed by atoms with E-state index in [-0.39, 0.29) is 0 Å². The Morgan fingerprint density at radius 2 is 1.75 bits per heavy atom. The molecule has 0 amide bonds. The molecule has 0 radical (unpaired) electrons. The Morgan fingerprint density at radius 1 is 1.04 bits per heavy atom. The maximum atomic E-state index is 6.25. The second-order valence-electron chi connectivity index (χ2n) is 6.81. The maximum Gasteiger partial charge on any atom is 0.127 e. The highest BCUT2D eigenvalue weighted by atomic mass is 35.5. The van der Waals surface area contributed by atoms with Crippen LogP contribution in [0.4, 0.5) is 0 Å². The highest BCUT2D eigenvalue weighted by Gasteiger charge is 2.24. The van der Waals surface area contributed by atoms with Crippen LogP contribution in [0.2, 0.25) is 5.02 Å². The molecular formula is C20H27ClNO2+. The second kappa shape index (κ2) is 8.19. The number of unbranched alkanes of at least 4 members (excludes halogenated alkanes) is 1. The topological polar surface area (TPSA) is 22.9 Å². The minimum atomic E-state index is 0.375. The molecule has 3 nitrogen and oxygen atoms in total. The van der Waals surface area contributed by atoms with Gasteiger partial charge in [-0.05, 0) is 38.8 Å². The lowest BCUT2D eigenvalue weighted by Gasteiger charge is -2.32. The largest absolute Gasteiger partial charge is 0.493 e. The molecule has 2 atom stereocenters. The van der Waals surface area contributed by atoms with Crippen molar-refractivity contribution in [3.8, 4) is 5.75 Å². The molecule has 1 aliphatic heterocycles. The van der Waals surface area contributed by atoms with Crippen molar-refractivity contribution in [1.82, 2.24) is 0 Å². The van der Waals surface area contributed by atoms with Gasteiger partial charge in [0.2, 0.25) is 0 Å². The van der Waals surface area contributed by atoms with E-state index in [4.69, 9.17) is 21.1 Å². The van der Waals surface area contributed by atoms with Crippen molar-refractivity contribution in [2.24, 2.45) is 0 Å². The van der Waals surface area contributed by atoms with Crippen molar-refractivity contribution in [2.45, 2.75) is 38.9 Å². The van der Waals surface area contributed by atoms with Crippen LogP contribution < -0.4 is 9.64 Å².